The highest BCUT2D eigenvalue weighted by atomic mass is 16.5. The van der Waals surface area contributed by atoms with Gasteiger partial charge in [-0.1, -0.05) is 12.1 Å². The van der Waals surface area contributed by atoms with Crippen molar-refractivity contribution in [3.63, 3.8) is 0 Å². The number of aromatic hydroxyl groups is 1. The summed E-state index contributed by atoms with van der Waals surface area (Å²) in [4.78, 5) is 27.8. The number of carbonyl (C=O) groups is 2. The first kappa shape index (κ1) is 18.3. The number of phenolic OH excluding ortho intramolecular Hbond substituents is 1. The maximum Gasteiger partial charge on any atom is 0.262 e. The number of aromatic nitrogens is 1. The van der Waals surface area contributed by atoms with Crippen molar-refractivity contribution >= 4 is 28.9 Å². The first-order valence-electron chi connectivity index (χ1n) is 8.92. The largest absolute Gasteiger partial charge is 0.506 e. The van der Waals surface area contributed by atoms with Crippen LogP contribution in [0.25, 0.3) is 0 Å². The Morgan fingerprint density at radius 3 is 2.93 bits per heavy atom. The first-order chi connectivity index (χ1) is 14.1. The van der Waals surface area contributed by atoms with Crippen LogP contribution in [0.5, 0.6) is 11.5 Å². The minimum absolute atomic E-state index is 0.0139. The summed E-state index contributed by atoms with van der Waals surface area (Å²) in [5.74, 6) is -0.0332. The maximum absolute atomic E-state index is 12.4. The Hall–Kier alpha value is -4.07. The summed E-state index contributed by atoms with van der Waals surface area (Å²) in [5.41, 5.74) is 2.87. The minimum atomic E-state index is -0.265. The van der Waals surface area contributed by atoms with Gasteiger partial charge in [-0.15, -0.1) is 0 Å². The van der Waals surface area contributed by atoms with Crippen LogP contribution in [-0.4, -0.2) is 28.5 Å². The third kappa shape index (κ3) is 4.27. The van der Waals surface area contributed by atoms with Crippen molar-refractivity contribution in [2.45, 2.75) is 6.54 Å². The molecule has 8 heteroatoms. The zero-order chi connectivity index (χ0) is 20.2. The highest BCUT2D eigenvalue weighted by Gasteiger charge is 2.18. The van der Waals surface area contributed by atoms with Crippen molar-refractivity contribution in [3.8, 4) is 11.5 Å². The maximum atomic E-state index is 12.4. The summed E-state index contributed by atoms with van der Waals surface area (Å²) >= 11 is 0. The normalized spacial score (nSPS) is 12.3. The molecule has 0 radical (unpaired) electrons. The fraction of sp³-hybridized carbons (Fsp3) is 0.0952. The number of fused-ring (bicyclic) bond motifs is 1. The molecular weight excluding hydrogens is 372 g/mol. The molecule has 0 aliphatic carbocycles. The molecule has 8 nitrogen and oxygen atoms in total. The number of ether oxygens (including phenoxy) is 1. The quantitative estimate of drug-likeness (QED) is 0.498. The third-order valence-electron chi connectivity index (χ3n) is 4.32. The van der Waals surface area contributed by atoms with Crippen molar-refractivity contribution in [1.29, 1.82) is 0 Å². The first-order valence-corrected chi connectivity index (χ1v) is 8.92. The smallest absolute Gasteiger partial charge is 0.262 e. The lowest BCUT2D eigenvalue weighted by Crippen LogP contribution is -2.25. The second kappa shape index (κ2) is 7.89. The van der Waals surface area contributed by atoms with Gasteiger partial charge < -0.3 is 25.8 Å². The molecule has 1 aliphatic heterocycles. The van der Waals surface area contributed by atoms with E-state index in [1.807, 2.05) is 6.07 Å². The van der Waals surface area contributed by atoms with Gasteiger partial charge in [-0.2, -0.15) is 0 Å². The molecule has 0 bridgehead atoms. The van der Waals surface area contributed by atoms with E-state index in [0.717, 1.165) is 5.56 Å². The Labute approximate surface area is 166 Å². The van der Waals surface area contributed by atoms with E-state index in [9.17, 15) is 14.7 Å². The molecule has 0 atom stereocenters. The lowest BCUT2D eigenvalue weighted by atomic mass is 10.1. The van der Waals surface area contributed by atoms with Crippen molar-refractivity contribution in [2.75, 3.05) is 22.6 Å². The average molecular weight is 390 g/mol. The number of hydrogen-bond donors (Lipinski definition) is 4. The van der Waals surface area contributed by atoms with Crippen LogP contribution in [0.2, 0.25) is 0 Å². The predicted octanol–water partition coefficient (Wildman–Crippen LogP) is 2.98. The fourth-order valence-electron chi connectivity index (χ4n) is 2.92. The van der Waals surface area contributed by atoms with E-state index < -0.39 is 0 Å². The summed E-state index contributed by atoms with van der Waals surface area (Å²) in [6.45, 7) is 0.317. The average Bonchev–Trinajstić information content (AvgIpc) is 2.73. The molecule has 146 valence electrons. The number of nitrogens with one attached hydrogen (secondary N) is 3. The van der Waals surface area contributed by atoms with Gasteiger partial charge in [0.1, 0.15) is 11.5 Å². The summed E-state index contributed by atoms with van der Waals surface area (Å²) in [6, 6.07) is 13.7. The van der Waals surface area contributed by atoms with Gasteiger partial charge >= 0.3 is 0 Å². The summed E-state index contributed by atoms with van der Waals surface area (Å²) < 4.78 is 5.37. The monoisotopic (exact) mass is 390 g/mol. The van der Waals surface area contributed by atoms with Crippen LogP contribution in [0, 0.1) is 0 Å². The molecule has 3 aromatic rings. The Kier molecular flexibility index (Phi) is 4.98. The van der Waals surface area contributed by atoms with Crippen LogP contribution >= 0.6 is 0 Å². The Bertz CT molecular complexity index is 1070. The lowest BCUT2D eigenvalue weighted by molar-refractivity contribution is -0.118. The van der Waals surface area contributed by atoms with E-state index in [1.54, 1.807) is 48.8 Å². The molecule has 0 spiro atoms. The minimum Gasteiger partial charge on any atom is -0.506 e. The van der Waals surface area contributed by atoms with Gasteiger partial charge in [0.05, 0.1) is 23.3 Å². The number of amides is 2. The molecule has 1 aliphatic rings. The highest BCUT2D eigenvalue weighted by molar-refractivity contribution is 6.04. The number of benzene rings is 2. The van der Waals surface area contributed by atoms with Crippen molar-refractivity contribution in [1.82, 2.24) is 4.98 Å². The van der Waals surface area contributed by atoms with Gasteiger partial charge in [0, 0.05) is 30.4 Å². The molecule has 0 fully saturated rings. The van der Waals surface area contributed by atoms with Gasteiger partial charge in [-0.05, 0) is 29.8 Å². The number of pyridine rings is 1. The van der Waals surface area contributed by atoms with Crippen LogP contribution < -0.4 is 20.7 Å². The van der Waals surface area contributed by atoms with Gasteiger partial charge in [0.2, 0.25) is 0 Å². The molecule has 4 rings (SSSR count). The third-order valence-corrected chi connectivity index (χ3v) is 4.32. The lowest BCUT2D eigenvalue weighted by Gasteiger charge is -2.20. The predicted molar refractivity (Wildman–Crippen MR) is 108 cm³/mol. The number of carbonyl (C=O) groups excluding carboxylic acids is 2. The van der Waals surface area contributed by atoms with E-state index >= 15 is 0 Å². The van der Waals surface area contributed by atoms with E-state index in [1.165, 1.54) is 6.07 Å². The second-order valence-electron chi connectivity index (χ2n) is 6.45. The summed E-state index contributed by atoms with van der Waals surface area (Å²) in [5, 5.41) is 18.8. The van der Waals surface area contributed by atoms with Crippen LogP contribution in [0.15, 0.2) is 60.9 Å². The standard InChI is InChI=1S/C21H18N4O4/c26-18-8-17-19(29-12-20(27)25-17)9-16(18)23-10-13-3-1-4-14(7-13)21(28)24-15-5-2-6-22-11-15/h1-9,11,23,26H,10,12H2,(H,24,28)(H,25,27). The molecule has 0 unspecified atom stereocenters. The second-order valence-corrected chi connectivity index (χ2v) is 6.45. The summed E-state index contributed by atoms with van der Waals surface area (Å²) in [7, 11) is 0. The number of anilines is 3. The Morgan fingerprint density at radius 2 is 2.10 bits per heavy atom. The topological polar surface area (TPSA) is 113 Å². The molecule has 29 heavy (non-hydrogen) atoms. The molecular formula is C21H18N4O4. The van der Waals surface area contributed by atoms with E-state index in [-0.39, 0.29) is 24.2 Å². The molecule has 1 aromatic heterocycles. The molecule has 2 amide bonds. The van der Waals surface area contributed by atoms with Crippen molar-refractivity contribution in [3.05, 3.63) is 72.1 Å². The van der Waals surface area contributed by atoms with Crippen LogP contribution in [0.1, 0.15) is 15.9 Å². The van der Waals surface area contributed by atoms with Gasteiger partial charge in [0.15, 0.2) is 6.61 Å². The number of nitrogens with zero attached hydrogens (tertiary/aromatic N) is 1. The van der Waals surface area contributed by atoms with E-state index in [2.05, 4.69) is 20.9 Å². The van der Waals surface area contributed by atoms with Crippen LogP contribution in [-0.2, 0) is 11.3 Å². The van der Waals surface area contributed by atoms with Gasteiger partial charge in [-0.3, -0.25) is 14.6 Å². The van der Waals surface area contributed by atoms with E-state index in [0.29, 0.717) is 34.9 Å². The van der Waals surface area contributed by atoms with Crippen molar-refractivity contribution in [2.24, 2.45) is 0 Å². The fourth-order valence-corrected chi connectivity index (χ4v) is 2.92. The SMILES string of the molecule is O=C1COc2cc(NCc3cccc(C(=O)Nc4cccnc4)c3)c(O)cc2N1. The Balaban J connectivity index is 1.45. The molecule has 4 N–H and O–H groups in total. The van der Waals surface area contributed by atoms with E-state index in [4.69, 9.17) is 4.74 Å². The number of phenols is 1. The molecule has 2 aromatic carbocycles. The number of hydrogen-bond acceptors (Lipinski definition) is 6. The Morgan fingerprint density at radius 1 is 1.21 bits per heavy atom. The van der Waals surface area contributed by atoms with Crippen LogP contribution in [0.4, 0.5) is 17.1 Å². The highest BCUT2D eigenvalue weighted by Crippen LogP contribution is 2.37. The molecule has 0 saturated heterocycles. The van der Waals surface area contributed by atoms with Gasteiger partial charge in [0.25, 0.3) is 11.8 Å². The van der Waals surface area contributed by atoms with Crippen LogP contribution in [0.3, 0.4) is 0 Å². The summed E-state index contributed by atoms with van der Waals surface area (Å²) in [6.07, 6.45) is 3.21. The van der Waals surface area contributed by atoms with Gasteiger partial charge in [-0.25, -0.2) is 0 Å². The molecule has 0 saturated carbocycles. The van der Waals surface area contributed by atoms with Crippen molar-refractivity contribution < 1.29 is 19.4 Å². The molecule has 2 heterocycles. The zero-order valence-electron chi connectivity index (χ0n) is 15.3. The number of rotatable bonds is 5. The zero-order valence-corrected chi connectivity index (χ0v) is 15.3.